The van der Waals surface area contributed by atoms with Crippen molar-refractivity contribution in [1.82, 2.24) is 10.2 Å². The number of hydrogen-bond acceptors (Lipinski definition) is 5. The Labute approximate surface area is 142 Å². The number of aliphatic hydroxyl groups excluding tert-OH is 1. The molecule has 2 aliphatic rings. The topological polar surface area (TPSA) is 71.0 Å². The first kappa shape index (κ1) is 17.2. The minimum atomic E-state index is -0.405. The molecule has 2 heterocycles. The van der Waals surface area contributed by atoms with Gasteiger partial charge in [-0.15, -0.1) is 0 Å². The number of hydrogen-bond donors (Lipinski definition) is 2. The number of methoxy groups -OCH3 is 1. The fourth-order valence-electron chi connectivity index (χ4n) is 3.55. The molecule has 2 fully saturated rings. The van der Waals surface area contributed by atoms with Gasteiger partial charge in [-0.05, 0) is 37.0 Å². The summed E-state index contributed by atoms with van der Waals surface area (Å²) in [4.78, 5) is 14.4. The summed E-state index contributed by atoms with van der Waals surface area (Å²) in [6, 6.07) is 8.08. The normalized spacial score (nSPS) is 25.6. The van der Waals surface area contributed by atoms with E-state index < -0.39 is 6.10 Å². The van der Waals surface area contributed by atoms with Crippen LogP contribution in [0.5, 0.6) is 5.75 Å². The first-order valence-electron chi connectivity index (χ1n) is 8.59. The molecule has 0 spiro atoms. The lowest BCUT2D eigenvalue weighted by Crippen LogP contribution is -2.44. The molecule has 2 atom stereocenters. The summed E-state index contributed by atoms with van der Waals surface area (Å²) >= 11 is 0. The molecule has 1 aromatic rings. The van der Waals surface area contributed by atoms with Gasteiger partial charge in [0.1, 0.15) is 5.75 Å². The number of rotatable bonds is 5. The van der Waals surface area contributed by atoms with Crippen LogP contribution in [0.4, 0.5) is 0 Å². The van der Waals surface area contributed by atoms with E-state index in [1.807, 2.05) is 29.2 Å². The Balaban J connectivity index is 1.63. The zero-order valence-electron chi connectivity index (χ0n) is 14.1. The molecule has 0 unspecified atom stereocenters. The van der Waals surface area contributed by atoms with Crippen molar-refractivity contribution in [3.05, 3.63) is 29.8 Å². The zero-order valence-corrected chi connectivity index (χ0v) is 14.1. The Kier molecular flexibility index (Phi) is 5.71. The summed E-state index contributed by atoms with van der Waals surface area (Å²) in [7, 11) is 1.64. The molecule has 24 heavy (non-hydrogen) atoms. The van der Waals surface area contributed by atoms with E-state index in [0.29, 0.717) is 32.7 Å². The number of ether oxygens (including phenoxy) is 2. The molecule has 6 nitrogen and oxygen atoms in total. The van der Waals surface area contributed by atoms with E-state index in [2.05, 4.69) is 5.32 Å². The summed E-state index contributed by atoms with van der Waals surface area (Å²) < 4.78 is 10.6. The lowest BCUT2D eigenvalue weighted by molar-refractivity contribution is -0.123. The SMILES string of the molecule is COc1cccc([C@H]2C[C@@H](O)CN2CC(=O)NC2CCOCC2)c1. The Morgan fingerprint density at radius 3 is 2.96 bits per heavy atom. The molecule has 132 valence electrons. The van der Waals surface area contributed by atoms with Crippen LogP contribution in [-0.2, 0) is 9.53 Å². The van der Waals surface area contributed by atoms with E-state index >= 15 is 0 Å². The van der Waals surface area contributed by atoms with Crippen LogP contribution in [0.1, 0.15) is 30.9 Å². The van der Waals surface area contributed by atoms with Crippen molar-refractivity contribution in [3.8, 4) is 5.75 Å². The largest absolute Gasteiger partial charge is 0.497 e. The monoisotopic (exact) mass is 334 g/mol. The molecule has 6 heteroatoms. The van der Waals surface area contributed by atoms with Gasteiger partial charge in [-0.1, -0.05) is 12.1 Å². The lowest BCUT2D eigenvalue weighted by Gasteiger charge is -2.27. The average molecular weight is 334 g/mol. The molecule has 3 rings (SSSR count). The van der Waals surface area contributed by atoms with Gasteiger partial charge in [-0.2, -0.15) is 0 Å². The predicted molar refractivity (Wildman–Crippen MR) is 89.9 cm³/mol. The number of amides is 1. The second-order valence-electron chi connectivity index (χ2n) is 6.57. The van der Waals surface area contributed by atoms with Gasteiger partial charge in [0.2, 0.25) is 5.91 Å². The molecule has 0 aromatic heterocycles. The highest BCUT2D eigenvalue weighted by molar-refractivity contribution is 5.78. The highest BCUT2D eigenvalue weighted by atomic mass is 16.5. The van der Waals surface area contributed by atoms with E-state index in [4.69, 9.17) is 9.47 Å². The van der Waals surface area contributed by atoms with Crippen LogP contribution in [0, 0.1) is 0 Å². The summed E-state index contributed by atoms with van der Waals surface area (Å²) in [5.74, 6) is 0.810. The second kappa shape index (κ2) is 7.96. The van der Waals surface area contributed by atoms with Crippen molar-refractivity contribution >= 4 is 5.91 Å². The van der Waals surface area contributed by atoms with Crippen molar-refractivity contribution in [2.45, 2.75) is 37.5 Å². The molecular formula is C18H26N2O4. The maximum Gasteiger partial charge on any atom is 0.234 e. The first-order chi connectivity index (χ1) is 11.7. The molecule has 2 saturated heterocycles. The van der Waals surface area contributed by atoms with Crippen molar-refractivity contribution in [2.24, 2.45) is 0 Å². The highest BCUT2D eigenvalue weighted by Gasteiger charge is 2.33. The van der Waals surface area contributed by atoms with Gasteiger partial charge in [0.25, 0.3) is 0 Å². The molecule has 2 N–H and O–H groups in total. The van der Waals surface area contributed by atoms with Gasteiger partial charge < -0.3 is 19.9 Å². The van der Waals surface area contributed by atoms with Crippen molar-refractivity contribution < 1.29 is 19.4 Å². The molecular weight excluding hydrogens is 308 g/mol. The smallest absolute Gasteiger partial charge is 0.234 e. The molecule has 0 radical (unpaired) electrons. The van der Waals surface area contributed by atoms with Crippen LogP contribution >= 0.6 is 0 Å². The number of nitrogens with zero attached hydrogens (tertiary/aromatic N) is 1. The van der Waals surface area contributed by atoms with E-state index in [1.54, 1.807) is 7.11 Å². The van der Waals surface area contributed by atoms with Gasteiger partial charge in [0.15, 0.2) is 0 Å². The maximum atomic E-state index is 12.4. The minimum absolute atomic E-state index is 0.0175. The highest BCUT2D eigenvalue weighted by Crippen LogP contribution is 2.33. The van der Waals surface area contributed by atoms with Crippen LogP contribution in [0.2, 0.25) is 0 Å². The second-order valence-corrected chi connectivity index (χ2v) is 6.57. The fraction of sp³-hybridized carbons (Fsp3) is 0.611. The summed E-state index contributed by atoms with van der Waals surface area (Å²) in [6.07, 6.45) is 1.97. The number of carbonyl (C=O) groups is 1. The molecule has 1 aromatic carbocycles. The zero-order chi connectivity index (χ0) is 16.9. The number of aliphatic hydroxyl groups is 1. The van der Waals surface area contributed by atoms with E-state index in [9.17, 15) is 9.90 Å². The summed E-state index contributed by atoms with van der Waals surface area (Å²) in [5, 5.41) is 13.2. The third kappa shape index (κ3) is 4.26. The number of carbonyl (C=O) groups excluding carboxylic acids is 1. The summed E-state index contributed by atoms with van der Waals surface area (Å²) in [5.41, 5.74) is 1.07. The third-order valence-corrected chi connectivity index (χ3v) is 4.79. The maximum absolute atomic E-state index is 12.4. The van der Waals surface area contributed by atoms with Crippen LogP contribution in [0.25, 0.3) is 0 Å². The van der Waals surface area contributed by atoms with Gasteiger partial charge in [0, 0.05) is 31.8 Å². The Morgan fingerprint density at radius 1 is 1.42 bits per heavy atom. The molecule has 0 saturated carbocycles. The molecule has 2 aliphatic heterocycles. The van der Waals surface area contributed by atoms with Crippen LogP contribution in [0.15, 0.2) is 24.3 Å². The quantitative estimate of drug-likeness (QED) is 0.844. The van der Waals surface area contributed by atoms with E-state index in [1.165, 1.54) is 0 Å². The van der Waals surface area contributed by atoms with Crippen molar-refractivity contribution in [2.75, 3.05) is 33.4 Å². The van der Waals surface area contributed by atoms with Crippen LogP contribution in [0.3, 0.4) is 0 Å². The number of nitrogens with one attached hydrogen (secondary N) is 1. The van der Waals surface area contributed by atoms with Crippen molar-refractivity contribution in [1.29, 1.82) is 0 Å². The van der Waals surface area contributed by atoms with Gasteiger partial charge >= 0.3 is 0 Å². The molecule has 1 amide bonds. The lowest BCUT2D eigenvalue weighted by atomic mass is 10.0. The number of benzene rings is 1. The first-order valence-corrected chi connectivity index (χ1v) is 8.59. The Bertz CT molecular complexity index is 560. The predicted octanol–water partition coefficient (Wildman–Crippen LogP) is 1.10. The van der Waals surface area contributed by atoms with Gasteiger partial charge in [-0.25, -0.2) is 0 Å². The summed E-state index contributed by atoms with van der Waals surface area (Å²) in [6.45, 7) is 2.24. The van der Waals surface area contributed by atoms with Gasteiger partial charge in [0.05, 0.1) is 19.8 Å². The Hall–Kier alpha value is -1.63. The van der Waals surface area contributed by atoms with Crippen molar-refractivity contribution in [3.63, 3.8) is 0 Å². The standard InChI is InChI=1S/C18H26N2O4/c1-23-16-4-2-3-13(9-16)17-10-15(21)11-20(17)12-18(22)19-14-5-7-24-8-6-14/h2-4,9,14-15,17,21H,5-8,10-12H2,1H3,(H,19,22)/t15-,17-/m1/s1. The average Bonchev–Trinajstić information content (AvgIpc) is 2.96. The van der Waals surface area contributed by atoms with E-state index in [-0.39, 0.29) is 18.0 Å². The molecule has 0 bridgehead atoms. The number of β-amino-alcohol motifs (C(OH)–C–C–N with tert-alkyl or cyclic N) is 1. The Morgan fingerprint density at radius 2 is 2.21 bits per heavy atom. The number of likely N-dealkylation sites (tertiary alicyclic amines) is 1. The molecule has 0 aliphatic carbocycles. The van der Waals surface area contributed by atoms with Crippen LogP contribution in [-0.4, -0.2) is 61.5 Å². The third-order valence-electron chi connectivity index (χ3n) is 4.79. The fourth-order valence-corrected chi connectivity index (χ4v) is 3.55. The van der Waals surface area contributed by atoms with Crippen LogP contribution < -0.4 is 10.1 Å². The van der Waals surface area contributed by atoms with E-state index in [0.717, 1.165) is 24.2 Å². The minimum Gasteiger partial charge on any atom is -0.497 e. The van der Waals surface area contributed by atoms with Gasteiger partial charge in [-0.3, -0.25) is 9.69 Å².